The van der Waals surface area contributed by atoms with Crippen LogP contribution in [0.1, 0.15) is 33.1 Å². The Morgan fingerprint density at radius 2 is 2.10 bits per heavy atom. The van der Waals surface area contributed by atoms with E-state index < -0.39 is 0 Å². The molecular weight excluding hydrogens is 148 g/mol. The van der Waals surface area contributed by atoms with Crippen LogP contribution < -0.4 is 0 Å². The summed E-state index contributed by atoms with van der Waals surface area (Å²) in [5, 5.41) is 0.297. The third-order valence-electron chi connectivity index (χ3n) is 1.24. The number of hydrogen-bond donors (Lipinski definition) is 0. The Morgan fingerprint density at radius 1 is 1.40 bits per heavy atom. The van der Waals surface area contributed by atoms with Crippen molar-refractivity contribution in [2.45, 2.75) is 38.5 Å². The lowest BCUT2D eigenvalue weighted by molar-refractivity contribution is 0.131. The second kappa shape index (κ2) is 7.36. The van der Waals surface area contributed by atoms with Gasteiger partial charge in [-0.25, -0.2) is 0 Å². The molecule has 62 valence electrons. The van der Waals surface area contributed by atoms with Crippen molar-refractivity contribution in [2.75, 3.05) is 13.2 Å². The number of halogens is 1. The van der Waals surface area contributed by atoms with E-state index in [9.17, 15) is 0 Å². The minimum Gasteiger partial charge on any atom is -0.381 e. The van der Waals surface area contributed by atoms with E-state index in [1.807, 2.05) is 6.92 Å². The van der Waals surface area contributed by atoms with Gasteiger partial charge in [0.2, 0.25) is 0 Å². The van der Waals surface area contributed by atoms with Crippen molar-refractivity contribution in [1.29, 1.82) is 0 Å². The normalized spacial score (nSPS) is 13.5. The Hall–Kier alpha value is 0.250. The first-order chi connectivity index (χ1) is 4.77. The largest absolute Gasteiger partial charge is 0.381 e. The Balaban J connectivity index is 2.77. The van der Waals surface area contributed by atoms with Crippen LogP contribution in [0.3, 0.4) is 0 Å². The summed E-state index contributed by atoms with van der Waals surface area (Å²) in [4.78, 5) is 0. The first-order valence-corrected chi connectivity index (χ1v) is 4.42. The lowest BCUT2D eigenvalue weighted by Crippen LogP contribution is -1.98. The maximum Gasteiger partial charge on any atom is 0.0466 e. The molecule has 0 aliphatic rings. The van der Waals surface area contributed by atoms with Crippen LogP contribution in [0, 0.1) is 0 Å². The summed E-state index contributed by atoms with van der Waals surface area (Å²) in [6.45, 7) is 5.88. The van der Waals surface area contributed by atoms with Gasteiger partial charge >= 0.3 is 0 Å². The van der Waals surface area contributed by atoms with Gasteiger partial charge in [0.15, 0.2) is 0 Å². The maximum absolute atomic E-state index is 5.74. The molecule has 0 amide bonds. The summed E-state index contributed by atoms with van der Waals surface area (Å²) in [6.07, 6.45) is 3.26. The average Bonchev–Trinajstić information content (AvgIpc) is 1.87. The Morgan fingerprint density at radius 3 is 2.60 bits per heavy atom. The average molecular weight is 165 g/mol. The summed E-state index contributed by atoms with van der Waals surface area (Å²) in [5.41, 5.74) is 0. The summed E-state index contributed by atoms with van der Waals surface area (Å²) < 4.78 is 5.27. The van der Waals surface area contributed by atoms with Gasteiger partial charge in [-0.15, -0.1) is 11.6 Å². The van der Waals surface area contributed by atoms with Gasteiger partial charge in [0.1, 0.15) is 0 Å². The molecule has 1 nitrogen and oxygen atoms in total. The van der Waals surface area contributed by atoms with Crippen LogP contribution >= 0.6 is 11.6 Å². The Bertz CT molecular complexity index is 64.3. The van der Waals surface area contributed by atoms with Crippen LogP contribution in [0.15, 0.2) is 0 Å². The first-order valence-electron chi connectivity index (χ1n) is 3.99. The molecule has 0 rings (SSSR count). The predicted molar refractivity (Wildman–Crippen MR) is 45.7 cm³/mol. The van der Waals surface area contributed by atoms with E-state index in [2.05, 4.69) is 6.92 Å². The van der Waals surface area contributed by atoms with E-state index in [-0.39, 0.29) is 0 Å². The molecule has 0 aromatic heterocycles. The van der Waals surface area contributed by atoms with Crippen molar-refractivity contribution in [3.05, 3.63) is 0 Å². The van der Waals surface area contributed by atoms with E-state index in [1.165, 1.54) is 0 Å². The zero-order chi connectivity index (χ0) is 7.82. The minimum absolute atomic E-state index is 0.297. The Labute approximate surface area is 68.7 Å². The highest BCUT2D eigenvalue weighted by atomic mass is 35.5. The van der Waals surface area contributed by atoms with E-state index in [0.29, 0.717) is 5.38 Å². The third kappa shape index (κ3) is 8.25. The van der Waals surface area contributed by atoms with Gasteiger partial charge < -0.3 is 4.74 Å². The minimum atomic E-state index is 0.297. The summed E-state index contributed by atoms with van der Waals surface area (Å²) in [6, 6.07) is 0. The monoisotopic (exact) mass is 164 g/mol. The molecule has 0 N–H and O–H groups in total. The SMILES string of the molecule is CCCOCCCC(C)Cl. The van der Waals surface area contributed by atoms with Gasteiger partial charge in [0, 0.05) is 18.6 Å². The molecule has 0 saturated carbocycles. The molecule has 0 fully saturated rings. The molecule has 0 aromatic rings. The zero-order valence-electron chi connectivity index (χ0n) is 6.90. The van der Waals surface area contributed by atoms with Gasteiger partial charge in [-0.2, -0.15) is 0 Å². The van der Waals surface area contributed by atoms with Gasteiger partial charge in [-0.05, 0) is 26.2 Å². The van der Waals surface area contributed by atoms with E-state index >= 15 is 0 Å². The predicted octanol–water partition coefficient (Wildman–Crippen LogP) is 2.82. The fourth-order valence-corrected chi connectivity index (χ4v) is 0.867. The molecule has 0 saturated heterocycles. The second-order valence-electron chi connectivity index (χ2n) is 2.54. The fourth-order valence-electron chi connectivity index (χ4n) is 0.713. The molecule has 2 heteroatoms. The molecule has 1 atom stereocenters. The van der Waals surface area contributed by atoms with Crippen LogP contribution in [0.25, 0.3) is 0 Å². The second-order valence-corrected chi connectivity index (χ2v) is 3.28. The number of hydrogen-bond acceptors (Lipinski definition) is 1. The van der Waals surface area contributed by atoms with E-state index in [1.54, 1.807) is 0 Å². The number of rotatable bonds is 6. The van der Waals surface area contributed by atoms with E-state index in [4.69, 9.17) is 16.3 Å². The molecule has 0 spiro atoms. The smallest absolute Gasteiger partial charge is 0.0466 e. The lowest BCUT2D eigenvalue weighted by Gasteiger charge is -2.02. The van der Waals surface area contributed by atoms with Crippen molar-refractivity contribution in [3.8, 4) is 0 Å². The highest BCUT2D eigenvalue weighted by Gasteiger charge is 1.94. The van der Waals surface area contributed by atoms with Crippen molar-refractivity contribution in [2.24, 2.45) is 0 Å². The lowest BCUT2D eigenvalue weighted by atomic mass is 10.2. The third-order valence-corrected chi connectivity index (χ3v) is 1.46. The van der Waals surface area contributed by atoms with Gasteiger partial charge in [-0.3, -0.25) is 0 Å². The van der Waals surface area contributed by atoms with Gasteiger partial charge in [0.25, 0.3) is 0 Å². The molecule has 1 unspecified atom stereocenters. The molecule has 0 aliphatic carbocycles. The van der Waals surface area contributed by atoms with Crippen LogP contribution in [-0.4, -0.2) is 18.6 Å². The molecule has 0 aromatic carbocycles. The summed E-state index contributed by atoms with van der Waals surface area (Å²) in [7, 11) is 0. The van der Waals surface area contributed by atoms with E-state index in [0.717, 1.165) is 32.5 Å². The van der Waals surface area contributed by atoms with Gasteiger partial charge in [0.05, 0.1) is 0 Å². The first kappa shape index (κ1) is 10.2. The molecule has 0 radical (unpaired) electrons. The molecule has 10 heavy (non-hydrogen) atoms. The van der Waals surface area contributed by atoms with Crippen molar-refractivity contribution in [1.82, 2.24) is 0 Å². The van der Waals surface area contributed by atoms with Crippen molar-refractivity contribution in [3.63, 3.8) is 0 Å². The number of alkyl halides is 1. The van der Waals surface area contributed by atoms with Crippen molar-refractivity contribution < 1.29 is 4.74 Å². The molecular formula is C8H17ClO. The highest BCUT2D eigenvalue weighted by Crippen LogP contribution is 2.03. The van der Waals surface area contributed by atoms with Crippen LogP contribution in [0.2, 0.25) is 0 Å². The Kier molecular flexibility index (Phi) is 7.54. The molecule has 0 aliphatic heterocycles. The zero-order valence-corrected chi connectivity index (χ0v) is 7.66. The summed E-state index contributed by atoms with van der Waals surface area (Å²) in [5.74, 6) is 0. The quantitative estimate of drug-likeness (QED) is 0.434. The van der Waals surface area contributed by atoms with Crippen LogP contribution in [-0.2, 0) is 4.74 Å². The van der Waals surface area contributed by atoms with Crippen LogP contribution in [0.4, 0.5) is 0 Å². The standard InChI is InChI=1S/C8H17ClO/c1-3-6-10-7-4-5-8(2)9/h8H,3-7H2,1-2H3. The van der Waals surface area contributed by atoms with Gasteiger partial charge in [-0.1, -0.05) is 6.92 Å². The van der Waals surface area contributed by atoms with Crippen molar-refractivity contribution >= 4 is 11.6 Å². The summed E-state index contributed by atoms with van der Waals surface area (Å²) >= 11 is 5.74. The maximum atomic E-state index is 5.74. The number of ether oxygens (including phenoxy) is 1. The highest BCUT2D eigenvalue weighted by molar-refractivity contribution is 6.20. The molecule has 0 bridgehead atoms. The van der Waals surface area contributed by atoms with Crippen LogP contribution in [0.5, 0.6) is 0 Å². The topological polar surface area (TPSA) is 9.23 Å². The molecule has 0 heterocycles. The fraction of sp³-hybridized carbons (Fsp3) is 1.00.